The maximum Gasteiger partial charge on any atom is 0.346 e. The number of aromatic nitrogens is 4. The van der Waals surface area contributed by atoms with E-state index in [2.05, 4.69) is 10.2 Å². The van der Waals surface area contributed by atoms with E-state index in [-0.39, 0.29) is 28.2 Å². The number of H-pyrrole nitrogens is 2. The summed E-state index contributed by atoms with van der Waals surface area (Å²) in [5.41, 5.74) is 2.77. The molecule has 0 aliphatic rings. The Morgan fingerprint density at radius 1 is 0.711 bits per heavy atom. The van der Waals surface area contributed by atoms with Gasteiger partial charge in [-0.05, 0) is 67.9 Å². The van der Waals surface area contributed by atoms with Crippen LogP contribution in [0.4, 0.5) is 4.39 Å². The lowest BCUT2D eigenvalue weighted by Crippen LogP contribution is -2.25. The number of nitrogens with one attached hydrogen (secondary N) is 2. The van der Waals surface area contributed by atoms with E-state index in [0.717, 1.165) is 0 Å². The van der Waals surface area contributed by atoms with Gasteiger partial charge in [0.2, 0.25) is 0 Å². The maximum atomic E-state index is 14.3. The molecule has 0 bridgehead atoms. The Morgan fingerprint density at radius 3 is 1.73 bits per heavy atom. The number of hydrogen-bond acceptors (Lipinski definition) is 5. The predicted octanol–water partition coefficient (Wildman–Crippen LogP) is 5.81. The smallest absolute Gasteiger partial charge is 0.346 e. The molecule has 0 spiro atoms. The van der Waals surface area contributed by atoms with Crippen molar-refractivity contribution in [3.05, 3.63) is 163 Å². The molecular formula is C35H29FN4O5. The summed E-state index contributed by atoms with van der Waals surface area (Å²) in [6.45, 7) is 3.56. The molecule has 9 nitrogen and oxygen atoms in total. The highest BCUT2D eigenvalue weighted by Gasteiger charge is 2.32. The van der Waals surface area contributed by atoms with E-state index < -0.39 is 17.7 Å². The molecule has 0 aliphatic heterocycles. The Bertz CT molecular complexity index is 2030. The molecule has 0 aliphatic carbocycles. The lowest BCUT2D eigenvalue weighted by Gasteiger charge is -2.18. The number of benzene rings is 4. The van der Waals surface area contributed by atoms with Crippen LogP contribution in [-0.2, 0) is 0 Å². The highest BCUT2D eigenvalue weighted by molar-refractivity contribution is 5.91. The number of carbonyl (C=O) groups is 1. The van der Waals surface area contributed by atoms with Crippen LogP contribution in [0, 0.1) is 19.7 Å². The van der Waals surface area contributed by atoms with Gasteiger partial charge in [0.15, 0.2) is 11.5 Å². The van der Waals surface area contributed by atoms with Crippen molar-refractivity contribution in [1.29, 1.82) is 0 Å². The van der Waals surface area contributed by atoms with Crippen molar-refractivity contribution >= 4 is 5.97 Å². The standard InChI is InChI=1S/C35H29FN4O5/c1-21-30(33(41)39(37-21)24-12-6-4-7-13-24)32(31-22(2)38-40(34(31)42)25-14-8-5-9-15-25)23-18-19-28(29(20-23)44-3)45-35(43)26-16-10-11-17-27(26)36/h4-20,32,37-38H,1-3H3. The average Bonchev–Trinajstić information content (AvgIpc) is 3.52. The van der Waals surface area contributed by atoms with Crippen molar-refractivity contribution in [2.75, 3.05) is 7.11 Å². The number of para-hydroxylation sites is 2. The van der Waals surface area contributed by atoms with Crippen LogP contribution >= 0.6 is 0 Å². The molecule has 4 aromatic carbocycles. The fourth-order valence-electron chi connectivity index (χ4n) is 5.52. The molecule has 2 heterocycles. The van der Waals surface area contributed by atoms with E-state index in [1.807, 2.05) is 60.7 Å². The Labute approximate surface area is 257 Å². The fraction of sp³-hybridized carbons (Fsp3) is 0.114. The van der Waals surface area contributed by atoms with Gasteiger partial charge in [0, 0.05) is 17.3 Å². The molecule has 6 rings (SSSR count). The lowest BCUT2D eigenvalue weighted by atomic mass is 9.85. The Kier molecular flexibility index (Phi) is 7.78. The van der Waals surface area contributed by atoms with Crippen LogP contribution in [0.3, 0.4) is 0 Å². The van der Waals surface area contributed by atoms with Gasteiger partial charge in [-0.3, -0.25) is 19.8 Å². The third-order valence-corrected chi connectivity index (χ3v) is 7.66. The number of hydrogen-bond donors (Lipinski definition) is 2. The first kappa shape index (κ1) is 29.2. The van der Waals surface area contributed by atoms with Crippen LogP contribution in [0.1, 0.15) is 44.4 Å². The number of nitrogens with zero attached hydrogens (tertiary/aromatic N) is 2. The summed E-state index contributed by atoms with van der Waals surface area (Å²) in [4.78, 5) is 41.0. The van der Waals surface area contributed by atoms with E-state index in [1.54, 1.807) is 26.0 Å². The number of halogens is 1. The minimum atomic E-state index is -0.893. The SMILES string of the molecule is COc1cc(C(c2c(C)[nH]n(-c3ccccc3)c2=O)c2c(C)[nH]n(-c3ccccc3)c2=O)ccc1OC(=O)c1ccccc1F. The fourth-order valence-corrected chi connectivity index (χ4v) is 5.52. The summed E-state index contributed by atoms with van der Waals surface area (Å²) in [7, 11) is 1.41. The van der Waals surface area contributed by atoms with Crippen LogP contribution in [0.15, 0.2) is 113 Å². The summed E-state index contributed by atoms with van der Waals surface area (Å²) in [5, 5.41) is 6.33. The highest BCUT2D eigenvalue weighted by atomic mass is 19.1. The normalized spacial score (nSPS) is 11.1. The molecular weight excluding hydrogens is 575 g/mol. The molecule has 45 heavy (non-hydrogen) atoms. The van der Waals surface area contributed by atoms with Gasteiger partial charge in [0.1, 0.15) is 5.82 Å². The molecule has 0 unspecified atom stereocenters. The average molecular weight is 605 g/mol. The topological polar surface area (TPSA) is 111 Å². The van der Waals surface area contributed by atoms with Gasteiger partial charge in [-0.15, -0.1) is 0 Å². The number of methoxy groups -OCH3 is 1. The summed E-state index contributed by atoms with van der Waals surface area (Å²) in [5.74, 6) is -2.25. The molecule has 0 fully saturated rings. The van der Waals surface area contributed by atoms with Gasteiger partial charge < -0.3 is 9.47 Å². The second kappa shape index (κ2) is 12.0. The van der Waals surface area contributed by atoms with Crippen molar-refractivity contribution < 1.29 is 18.7 Å². The zero-order valence-corrected chi connectivity index (χ0v) is 24.7. The second-order valence-corrected chi connectivity index (χ2v) is 10.5. The van der Waals surface area contributed by atoms with Gasteiger partial charge in [-0.1, -0.05) is 54.6 Å². The van der Waals surface area contributed by atoms with Crippen LogP contribution in [0.5, 0.6) is 11.5 Å². The molecule has 226 valence electrons. The molecule has 0 atom stereocenters. The molecule has 0 saturated carbocycles. The Hall–Kier alpha value is -5.90. The first-order valence-electron chi connectivity index (χ1n) is 14.2. The zero-order valence-electron chi connectivity index (χ0n) is 24.7. The number of ether oxygens (including phenoxy) is 2. The van der Waals surface area contributed by atoms with E-state index in [9.17, 15) is 18.8 Å². The Morgan fingerprint density at radius 2 is 1.22 bits per heavy atom. The molecule has 0 saturated heterocycles. The molecule has 10 heteroatoms. The van der Waals surface area contributed by atoms with E-state index in [1.165, 1.54) is 46.8 Å². The third kappa shape index (κ3) is 5.38. The largest absolute Gasteiger partial charge is 0.493 e. The molecule has 0 radical (unpaired) electrons. The van der Waals surface area contributed by atoms with Crippen molar-refractivity contribution in [2.24, 2.45) is 0 Å². The molecule has 2 N–H and O–H groups in total. The third-order valence-electron chi connectivity index (χ3n) is 7.66. The summed E-state index contributed by atoms with van der Waals surface area (Å²) in [6.07, 6.45) is 0. The van der Waals surface area contributed by atoms with E-state index in [4.69, 9.17) is 9.47 Å². The van der Waals surface area contributed by atoms with Crippen LogP contribution in [0.25, 0.3) is 11.4 Å². The molecule has 2 aromatic heterocycles. The van der Waals surface area contributed by atoms with Gasteiger partial charge >= 0.3 is 5.97 Å². The number of carbonyl (C=O) groups excluding carboxylic acids is 1. The second-order valence-electron chi connectivity index (χ2n) is 10.5. The zero-order chi connectivity index (χ0) is 31.7. The van der Waals surface area contributed by atoms with Crippen molar-refractivity contribution in [3.63, 3.8) is 0 Å². The highest BCUT2D eigenvalue weighted by Crippen LogP contribution is 2.37. The molecule has 0 amide bonds. The summed E-state index contributed by atoms with van der Waals surface area (Å²) >= 11 is 0. The van der Waals surface area contributed by atoms with E-state index in [0.29, 0.717) is 39.5 Å². The van der Waals surface area contributed by atoms with Crippen LogP contribution < -0.4 is 20.6 Å². The predicted molar refractivity (Wildman–Crippen MR) is 168 cm³/mol. The van der Waals surface area contributed by atoms with Gasteiger partial charge in [-0.25, -0.2) is 18.5 Å². The number of esters is 1. The summed E-state index contributed by atoms with van der Waals surface area (Å²) in [6, 6.07) is 28.6. The number of aryl methyl sites for hydroxylation is 2. The van der Waals surface area contributed by atoms with Gasteiger partial charge in [-0.2, -0.15) is 0 Å². The first-order chi connectivity index (χ1) is 21.8. The Balaban J connectivity index is 1.52. The minimum absolute atomic E-state index is 0.0493. The first-order valence-corrected chi connectivity index (χ1v) is 14.2. The number of rotatable bonds is 8. The lowest BCUT2D eigenvalue weighted by molar-refractivity contribution is 0.0725. The van der Waals surface area contributed by atoms with Crippen molar-refractivity contribution in [2.45, 2.75) is 19.8 Å². The summed E-state index contributed by atoms with van der Waals surface area (Å²) < 4.78 is 28.3. The van der Waals surface area contributed by atoms with Gasteiger partial charge in [0.05, 0.1) is 35.2 Å². The monoisotopic (exact) mass is 604 g/mol. The van der Waals surface area contributed by atoms with Crippen LogP contribution in [-0.4, -0.2) is 32.6 Å². The molecule has 6 aromatic rings. The van der Waals surface area contributed by atoms with Crippen LogP contribution in [0.2, 0.25) is 0 Å². The number of aromatic amines is 2. The van der Waals surface area contributed by atoms with E-state index >= 15 is 0 Å². The quantitative estimate of drug-likeness (QED) is 0.168. The minimum Gasteiger partial charge on any atom is -0.493 e. The van der Waals surface area contributed by atoms with Crippen molar-refractivity contribution in [1.82, 2.24) is 19.6 Å². The van der Waals surface area contributed by atoms with Gasteiger partial charge in [0.25, 0.3) is 11.1 Å². The van der Waals surface area contributed by atoms with Crippen molar-refractivity contribution in [3.8, 4) is 22.9 Å². The maximum absolute atomic E-state index is 14.3.